The molecule has 180 valence electrons. The number of benzene rings is 3. The van der Waals surface area contributed by atoms with Crippen LogP contribution in [0.15, 0.2) is 78.9 Å². The lowest BCUT2D eigenvalue weighted by atomic mass is 10.0. The zero-order valence-corrected chi connectivity index (χ0v) is 20.1. The number of ether oxygens (including phenoxy) is 2. The minimum atomic E-state index is -0.0577. The van der Waals surface area contributed by atoms with Gasteiger partial charge >= 0.3 is 0 Å². The first-order valence-corrected chi connectivity index (χ1v) is 11.8. The molecule has 5 rings (SSSR count). The molecule has 1 fully saturated rings. The second-order valence-corrected chi connectivity index (χ2v) is 8.58. The van der Waals surface area contributed by atoms with Crippen LogP contribution in [0.4, 0.5) is 5.69 Å². The Balaban J connectivity index is 1.40. The zero-order chi connectivity index (χ0) is 24.0. The molecule has 8 nitrogen and oxygen atoms in total. The molecule has 3 aromatic carbocycles. The summed E-state index contributed by atoms with van der Waals surface area (Å²) >= 11 is 0. The van der Waals surface area contributed by atoms with Gasteiger partial charge in [-0.1, -0.05) is 42.5 Å². The van der Waals surface area contributed by atoms with Crippen LogP contribution in [0, 0.1) is 0 Å². The molecule has 1 saturated heterocycles. The van der Waals surface area contributed by atoms with Crippen LogP contribution in [0.5, 0.6) is 11.5 Å². The predicted molar refractivity (Wildman–Crippen MR) is 135 cm³/mol. The Hall–Kier alpha value is -3.91. The highest BCUT2D eigenvalue weighted by molar-refractivity contribution is 5.49. The third kappa shape index (κ3) is 5.12. The zero-order valence-electron chi connectivity index (χ0n) is 20.1. The van der Waals surface area contributed by atoms with Crippen molar-refractivity contribution in [2.45, 2.75) is 12.6 Å². The van der Waals surface area contributed by atoms with E-state index in [9.17, 15) is 0 Å². The smallest absolute Gasteiger partial charge is 0.173 e. The van der Waals surface area contributed by atoms with Crippen LogP contribution < -0.4 is 14.4 Å². The standard InChI is InChI=1S/C27H30N6O2/c1-34-24-12-8-22(9-13-24)26(27-28-29-30-33(27)20-21-6-4-3-5-7-21)32-18-16-31(17-19-32)23-10-14-25(35-2)15-11-23/h3-15,26H,16-20H2,1-2H3/t26-/m0/s1. The summed E-state index contributed by atoms with van der Waals surface area (Å²) in [6.07, 6.45) is 0. The fourth-order valence-corrected chi connectivity index (χ4v) is 4.62. The largest absolute Gasteiger partial charge is 0.497 e. The van der Waals surface area contributed by atoms with Gasteiger partial charge < -0.3 is 14.4 Å². The maximum atomic E-state index is 5.39. The van der Waals surface area contributed by atoms with E-state index in [4.69, 9.17) is 9.47 Å². The van der Waals surface area contributed by atoms with Crippen molar-refractivity contribution >= 4 is 5.69 Å². The highest BCUT2D eigenvalue weighted by Gasteiger charge is 2.31. The van der Waals surface area contributed by atoms with Gasteiger partial charge in [-0.2, -0.15) is 0 Å². The van der Waals surface area contributed by atoms with Gasteiger partial charge in [-0.15, -0.1) is 5.10 Å². The van der Waals surface area contributed by atoms with E-state index >= 15 is 0 Å². The molecule has 4 aromatic rings. The summed E-state index contributed by atoms with van der Waals surface area (Å²) in [5, 5.41) is 12.9. The number of hydrogen-bond donors (Lipinski definition) is 0. The molecule has 1 aromatic heterocycles. The van der Waals surface area contributed by atoms with Gasteiger partial charge in [-0.3, -0.25) is 4.90 Å². The van der Waals surface area contributed by atoms with Crippen LogP contribution in [0.2, 0.25) is 0 Å². The Morgan fingerprint density at radius 2 is 1.40 bits per heavy atom. The predicted octanol–water partition coefficient (Wildman–Crippen LogP) is 3.65. The maximum absolute atomic E-state index is 5.39. The molecule has 8 heteroatoms. The van der Waals surface area contributed by atoms with Gasteiger partial charge in [0.15, 0.2) is 5.82 Å². The molecule has 35 heavy (non-hydrogen) atoms. The van der Waals surface area contributed by atoms with Crippen LogP contribution >= 0.6 is 0 Å². The van der Waals surface area contributed by atoms with Crippen LogP contribution in [0.1, 0.15) is 23.0 Å². The van der Waals surface area contributed by atoms with E-state index in [2.05, 4.69) is 61.7 Å². The topological polar surface area (TPSA) is 68.5 Å². The normalized spacial score (nSPS) is 15.1. The van der Waals surface area contributed by atoms with E-state index in [-0.39, 0.29) is 6.04 Å². The number of piperazine rings is 1. The highest BCUT2D eigenvalue weighted by Crippen LogP contribution is 2.31. The Morgan fingerprint density at radius 3 is 2.03 bits per heavy atom. The molecule has 0 radical (unpaired) electrons. The van der Waals surface area contributed by atoms with Crippen molar-refractivity contribution in [3.63, 3.8) is 0 Å². The van der Waals surface area contributed by atoms with Crippen molar-refractivity contribution in [2.24, 2.45) is 0 Å². The highest BCUT2D eigenvalue weighted by atomic mass is 16.5. The van der Waals surface area contributed by atoms with Gasteiger partial charge in [-0.25, -0.2) is 4.68 Å². The average molecular weight is 471 g/mol. The Labute approximate surface area is 205 Å². The molecule has 2 heterocycles. The van der Waals surface area contributed by atoms with Gasteiger partial charge in [0.25, 0.3) is 0 Å². The monoisotopic (exact) mass is 470 g/mol. The molecule has 0 N–H and O–H groups in total. The minimum Gasteiger partial charge on any atom is -0.497 e. The third-order valence-corrected chi connectivity index (χ3v) is 6.53. The van der Waals surface area contributed by atoms with Crippen molar-refractivity contribution in [2.75, 3.05) is 45.3 Å². The van der Waals surface area contributed by atoms with E-state index in [1.165, 1.54) is 11.3 Å². The minimum absolute atomic E-state index is 0.0577. The number of methoxy groups -OCH3 is 2. The summed E-state index contributed by atoms with van der Waals surface area (Å²) in [6, 6.07) is 26.7. The van der Waals surface area contributed by atoms with Gasteiger partial charge in [0.1, 0.15) is 11.5 Å². The summed E-state index contributed by atoms with van der Waals surface area (Å²) in [6.45, 7) is 4.24. The quantitative estimate of drug-likeness (QED) is 0.389. The lowest BCUT2D eigenvalue weighted by Crippen LogP contribution is -2.48. The Morgan fingerprint density at radius 1 is 0.771 bits per heavy atom. The number of rotatable bonds is 8. The van der Waals surface area contributed by atoms with E-state index in [0.29, 0.717) is 6.54 Å². The average Bonchev–Trinajstić information content (AvgIpc) is 3.37. The molecule has 0 aliphatic carbocycles. The van der Waals surface area contributed by atoms with Gasteiger partial charge in [0.05, 0.1) is 26.8 Å². The van der Waals surface area contributed by atoms with Crippen LogP contribution in [-0.2, 0) is 6.54 Å². The van der Waals surface area contributed by atoms with Gasteiger partial charge in [0.2, 0.25) is 0 Å². The fraction of sp³-hybridized carbons (Fsp3) is 0.296. The van der Waals surface area contributed by atoms with Crippen molar-refractivity contribution in [1.82, 2.24) is 25.1 Å². The molecule has 0 amide bonds. The van der Waals surface area contributed by atoms with Crippen molar-refractivity contribution in [1.29, 1.82) is 0 Å². The summed E-state index contributed by atoms with van der Waals surface area (Å²) in [5.74, 6) is 2.55. The summed E-state index contributed by atoms with van der Waals surface area (Å²) in [5.41, 5.74) is 3.52. The number of aromatic nitrogens is 4. The first-order chi connectivity index (χ1) is 17.2. The van der Waals surface area contributed by atoms with Crippen LogP contribution in [0.25, 0.3) is 0 Å². The number of anilines is 1. The summed E-state index contributed by atoms with van der Waals surface area (Å²) < 4.78 is 12.6. The summed E-state index contributed by atoms with van der Waals surface area (Å²) in [4.78, 5) is 4.88. The molecular formula is C27H30N6O2. The SMILES string of the molecule is COc1ccc([C@@H](c2nnnn2Cc2ccccc2)N2CCN(c3ccc(OC)cc3)CC2)cc1. The lowest BCUT2D eigenvalue weighted by Gasteiger charge is -2.40. The number of tetrazole rings is 1. The molecular weight excluding hydrogens is 440 g/mol. The lowest BCUT2D eigenvalue weighted by molar-refractivity contribution is 0.201. The molecule has 1 aliphatic rings. The van der Waals surface area contributed by atoms with Crippen molar-refractivity contribution in [3.8, 4) is 11.5 Å². The number of nitrogens with zero attached hydrogens (tertiary/aromatic N) is 6. The van der Waals surface area contributed by atoms with Gasteiger partial charge in [0, 0.05) is 31.9 Å². The van der Waals surface area contributed by atoms with Crippen molar-refractivity contribution in [3.05, 3.63) is 95.8 Å². The van der Waals surface area contributed by atoms with Crippen molar-refractivity contribution < 1.29 is 9.47 Å². The molecule has 1 aliphatic heterocycles. The Bertz CT molecular complexity index is 1200. The van der Waals surface area contributed by atoms with Crippen LogP contribution in [0.3, 0.4) is 0 Å². The second-order valence-electron chi connectivity index (χ2n) is 8.58. The second kappa shape index (κ2) is 10.6. The summed E-state index contributed by atoms with van der Waals surface area (Å²) in [7, 11) is 3.38. The Kier molecular flexibility index (Phi) is 6.90. The van der Waals surface area contributed by atoms with E-state index in [0.717, 1.165) is 49.1 Å². The maximum Gasteiger partial charge on any atom is 0.173 e. The molecule has 0 spiro atoms. The molecule has 0 bridgehead atoms. The molecule has 1 atom stereocenters. The number of hydrogen-bond acceptors (Lipinski definition) is 7. The third-order valence-electron chi connectivity index (χ3n) is 6.53. The van der Waals surface area contributed by atoms with E-state index in [1.54, 1.807) is 14.2 Å². The molecule has 0 unspecified atom stereocenters. The van der Waals surface area contributed by atoms with Crippen LogP contribution in [-0.4, -0.2) is 65.5 Å². The van der Waals surface area contributed by atoms with E-state index < -0.39 is 0 Å². The first-order valence-electron chi connectivity index (χ1n) is 11.8. The van der Waals surface area contributed by atoms with E-state index in [1.807, 2.05) is 47.1 Å². The first kappa shape index (κ1) is 22.9. The molecule has 0 saturated carbocycles. The fourth-order valence-electron chi connectivity index (χ4n) is 4.62. The van der Waals surface area contributed by atoms with Gasteiger partial charge in [-0.05, 0) is 58.0 Å².